The summed E-state index contributed by atoms with van der Waals surface area (Å²) in [7, 11) is 0. The Morgan fingerprint density at radius 1 is 1.58 bits per heavy atom. The number of hydrogen-bond acceptors (Lipinski definition) is 2. The van der Waals surface area contributed by atoms with Gasteiger partial charge in [0.05, 0.1) is 10.6 Å². The molecule has 12 heavy (non-hydrogen) atoms. The van der Waals surface area contributed by atoms with Crippen LogP contribution in [0.1, 0.15) is 11.1 Å². The highest BCUT2D eigenvalue weighted by molar-refractivity contribution is 6.32. The third-order valence-electron chi connectivity index (χ3n) is 1.45. The number of alkyl halides is 1. The van der Waals surface area contributed by atoms with Gasteiger partial charge < -0.3 is 5.73 Å². The van der Waals surface area contributed by atoms with Crippen molar-refractivity contribution in [1.29, 1.82) is 5.26 Å². The fourth-order valence-corrected chi connectivity index (χ4v) is 1.21. The van der Waals surface area contributed by atoms with Crippen molar-refractivity contribution in [3.8, 4) is 6.07 Å². The number of halogens is 2. The van der Waals surface area contributed by atoms with Crippen molar-refractivity contribution in [2.45, 2.75) is 6.67 Å². The van der Waals surface area contributed by atoms with E-state index in [1.165, 1.54) is 12.1 Å². The number of nitriles is 1. The summed E-state index contributed by atoms with van der Waals surface area (Å²) in [5.41, 5.74) is 6.16. The Hall–Kier alpha value is -1.27. The van der Waals surface area contributed by atoms with Crippen molar-refractivity contribution >= 4 is 17.3 Å². The molecule has 2 nitrogen and oxygen atoms in total. The highest BCUT2D eigenvalue weighted by atomic mass is 35.5. The third kappa shape index (κ3) is 1.49. The van der Waals surface area contributed by atoms with Gasteiger partial charge in [0.1, 0.15) is 12.7 Å². The molecule has 1 aromatic carbocycles. The van der Waals surface area contributed by atoms with Crippen LogP contribution in [0.3, 0.4) is 0 Å². The van der Waals surface area contributed by atoms with Crippen molar-refractivity contribution in [2.75, 3.05) is 5.73 Å². The predicted octanol–water partition coefficient (Wildman–Crippen LogP) is 2.26. The molecule has 2 N–H and O–H groups in total. The van der Waals surface area contributed by atoms with Crippen molar-refractivity contribution in [3.05, 3.63) is 28.3 Å². The van der Waals surface area contributed by atoms with Gasteiger partial charge in [0, 0.05) is 11.3 Å². The second-order valence-electron chi connectivity index (χ2n) is 2.28. The molecule has 1 rings (SSSR count). The largest absolute Gasteiger partial charge is 0.399 e. The van der Waals surface area contributed by atoms with E-state index in [2.05, 4.69) is 0 Å². The van der Waals surface area contributed by atoms with Crippen LogP contribution in [0, 0.1) is 11.3 Å². The fourth-order valence-electron chi connectivity index (χ4n) is 0.917. The minimum Gasteiger partial charge on any atom is -0.399 e. The van der Waals surface area contributed by atoms with Crippen LogP contribution in [0.2, 0.25) is 5.02 Å². The molecule has 0 radical (unpaired) electrons. The number of hydrogen-bond donors (Lipinski definition) is 1. The summed E-state index contributed by atoms with van der Waals surface area (Å²) in [6.07, 6.45) is 0. The first-order chi connectivity index (χ1) is 5.69. The summed E-state index contributed by atoms with van der Waals surface area (Å²) in [5, 5.41) is 8.78. The first kappa shape index (κ1) is 8.82. The van der Waals surface area contributed by atoms with E-state index in [1.54, 1.807) is 0 Å². The quantitative estimate of drug-likeness (QED) is 0.681. The molecule has 4 heteroatoms. The van der Waals surface area contributed by atoms with Crippen molar-refractivity contribution in [1.82, 2.24) is 0 Å². The lowest BCUT2D eigenvalue weighted by Gasteiger charge is -2.02. The summed E-state index contributed by atoms with van der Waals surface area (Å²) in [6, 6.07) is 4.65. The number of benzene rings is 1. The first-order valence-electron chi connectivity index (χ1n) is 3.23. The molecule has 0 heterocycles. The topological polar surface area (TPSA) is 49.8 Å². The highest BCUT2D eigenvalue weighted by Crippen LogP contribution is 2.23. The van der Waals surface area contributed by atoms with Gasteiger partial charge in [0.25, 0.3) is 0 Å². The molecule has 0 aliphatic carbocycles. The second-order valence-corrected chi connectivity index (χ2v) is 2.69. The molecule has 1 aromatic rings. The Morgan fingerprint density at radius 3 is 2.75 bits per heavy atom. The van der Waals surface area contributed by atoms with Crippen molar-refractivity contribution in [3.63, 3.8) is 0 Å². The van der Waals surface area contributed by atoms with Crippen molar-refractivity contribution in [2.24, 2.45) is 0 Å². The molecule has 0 bridgehead atoms. The summed E-state index contributed by atoms with van der Waals surface area (Å²) in [4.78, 5) is 0. The van der Waals surface area contributed by atoms with E-state index in [0.29, 0.717) is 5.69 Å². The SMILES string of the molecule is N#Cc1c(Cl)cc(N)cc1CF. The zero-order valence-electron chi connectivity index (χ0n) is 6.14. The minimum absolute atomic E-state index is 0.161. The molecule has 0 saturated heterocycles. The molecule has 0 saturated carbocycles. The van der Waals surface area contributed by atoms with Gasteiger partial charge in [-0.3, -0.25) is 0 Å². The average Bonchev–Trinajstić information content (AvgIpc) is 2.03. The second kappa shape index (κ2) is 3.42. The zero-order chi connectivity index (χ0) is 9.14. The number of rotatable bonds is 1. The minimum atomic E-state index is -0.729. The van der Waals surface area contributed by atoms with E-state index in [-0.39, 0.29) is 16.1 Å². The third-order valence-corrected chi connectivity index (χ3v) is 1.75. The molecule has 0 aromatic heterocycles. The molecule has 0 spiro atoms. The lowest BCUT2D eigenvalue weighted by Crippen LogP contribution is -1.92. The Kier molecular flexibility index (Phi) is 2.51. The maximum Gasteiger partial charge on any atom is 0.116 e. The Bertz CT molecular complexity index is 344. The Balaban J connectivity index is 3.36. The maximum absolute atomic E-state index is 12.3. The number of nitrogens with two attached hydrogens (primary N) is 1. The van der Waals surface area contributed by atoms with E-state index in [9.17, 15) is 4.39 Å². The van der Waals surface area contributed by atoms with E-state index in [0.717, 1.165) is 0 Å². The number of anilines is 1. The molecule has 0 unspecified atom stereocenters. The van der Waals surface area contributed by atoms with Gasteiger partial charge in [0.15, 0.2) is 0 Å². The van der Waals surface area contributed by atoms with Crippen LogP contribution >= 0.6 is 11.6 Å². The maximum atomic E-state index is 12.3. The molecular formula is C8H6ClFN2. The fraction of sp³-hybridized carbons (Fsp3) is 0.125. The normalized spacial score (nSPS) is 9.42. The van der Waals surface area contributed by atoms with Crippen LogP contribution in [0.5, 0.6) is 0 Å². The van der Waals surface area contributed by atoms with E-state index < -0.39 is 6.67 Å². The van der Waals surface area contributed by atoms with Crippen LogP contribution in [-0.2, 0) is 6.67 Å². The first-order valence-corrected chi connectivity index (χ1v) is 3.60. The van der Waals surface area contributed by atoms with Crippen LogP contribution in [0.25, 0.3) is 0 Å². The van der Waals surface area contributed by atoms with Gasteiger partial charge in [0.2, 0.25) is 0 Å². The van der Waals surface area contributed by atoms with Crippen LogP contribution < -0.4 is 5.73 Å². The van der Waals surface area contributed by atoms with Gasteiger partial charge in [-0.1, -0.05) is 11.6 Å². The van der Waals surface area contributed by atoms with E-state index >= 15 is 0 Å². The van der Waals surface area contributed by atoms with Crippen molar-refractivity contribution < 1.29 is 4.39 Å². The smallest absolute Gasteiger partial charge is 0.116 e. The molecule has 0 fully saturated rings. The van der Waals surface area contributed by atoms with Crippen LogP contribution in [-0.4, -0.2) is 0 Å². The van der Waals surface area contributed by atoms with Gasteiger partial charge in [-0.05, 0) is 12.1 Å². The highest BCUT2D eigenvalue weighted by Gasteiger charge is 2.07. The van der Waals surface area contributed by atoms with E-state index in [1.807, 2.05) is 6.07 Å². The zero-order valence-corrected chi connectivity index (χ0v) is 6.90. The molecule has 0 aliphatic rings. The average molecular weight is 185 g/mol. The number of nitrogens with zero attached hydrogens (tertiary/aromatic N) is 1. The van der Waals surface area contributed by atoms with Gasteiger partial charge in [-0.25, -0.2) is 4.39 Å². The molecule has 0 aliphatic heterocycles. The summed E-state index contributed by atoms with van der Waals surface area (Å²) < 4.78 is 12.3. The number of nitrogen functional groups attached to an aromatic ring is 1. The molecular weight excluding hydrogens is 179 g/mol. The van der Waals surface area contributed by atoms with Gasteiger partial charge in [-0.15, -0.1) is 0 Å². The Labute approximate surface area is 74.4 Å². The molecule has 0 amide bonds. The lowest BCUT2D eigenvalue weighted by molar-refractivity contribution is 0.485. The summed E-state index contributed by atoms with van der Waals surface area (Å²) >= 11 is 5.64. The summed E-state index contributed by atoms with van der Waals surface area (Å²) in [6.45, 7) is -0.729. The molecule has 62 valence electrons. The predicted molar refractivity (Wildman–Crippen MR) is 45.4 cm³/mol. The Morgan fingerprint density at radius 2 is 2.25 bits per heavy atom. The van der Waals surface area contributed by atoms with E-state index in [4.69, 9.17) is 22.6 Å². The molecule has 0 atom stereocenters. The van der Waals surface area contributed by atoms with Gasteiger partial charge in [-0.2, -0.15) is 5.26 Å². The van der Waals surface area contributed by atoms with Crippen LogP contribution in [0.4, 0.5) is 10.1 Å². The van der Waals surface area contributed by atoms with Gasteiger partial charge >= 0.3 is 0 Å². The standard InChI is InChI=1S/C8H6ClFN2/c9-8-2-6(12)1-5(3-10)7(8)4-11/h1-2H,3,12H2. The lowest BCUT2D eigenvalue weighted by atomic mass is 10.1. The monoisotopic (exact) mass is 184 g/mol. The van der Waals surface area contributed by atoms with Crippen LogP contribution in [0.15, 0.2) is 12.1 Å². The summed E-state index contributed by atoms with van der Waals surface area (Å²) in [5.74, 6) is 0.